The van der Waals surface area contributed by atoms with Crippen molar-refractivity contribution in [2.45, 2.75) is 51.9 Å². The summed E-state index contributed by atoms with van der Waals surface area (Å²) >= 11 is 0. The van der Waals surface area contributed by atoms with Gasteiger partial charge in [0, 0.05) is 5.92 Å². The Morgan fingerprint density at radius 3 is 2.27 bits per heavy atom. The quantitative estimate of drug-likeness (QED) is 0.408. The zero-order valence-electron chi connectivity index (χ0n) is 9.46. The molecule has 1 fully saturated rings. The van der Waals surface area contributed by atoms with Crippen molar-refractivity contribution in [3.63, 3.8) is 0 Å². The van der Waals surface area contributed by atoms with Gasteiger partial charge in [-0.15, -0.1) is 0 Å². The summed E-state index contributed by atoms with van der Waals surface area (Å²) in [7, 11) is 0. The van der Waals surface area contributed by atoms with Crippen LogP contribution in [0.3, 0.4) is 0 Å². The second-order valence-corrected chi connectivity index (χ2v) is 4.14. The van der Waals surface area contributed by atoms with E-state index < -0.39 is 0 Å². The van der Waals surface area contributed by atoms with Gasteiger partial charge in [-0.05, 0) is 19.8 Å². The van der Waals surface area contributed by atoms with Gasteiger partial charge in [-0.1, -0.05) is 25.7 Å². The van der Waals surface area contributed by atoms with E-state index in [1.54, 1.807) is 6.92 Å². The van der Waals surface area contributed by atoms with Gasteiger partial charge >= 0.3 is 5.97 Å². The molecule has 1 aliphatic rings. The maximum absolute atomic E-state index is 11.7. The fraction of sp³-hybridized carbons (Fsp3) is 0.833. The normalized spacial score (nSPS) is 18.2. The van der Waals surface area contributed by atoms with E-state index in [1.807, 2.05) is 0 Å². The molecule has 3 nitrogen and oxygen atoms in total. The molecule has 0 aliphatic heterocycles. The van der Waals surface area contributed by atoms with Crippen molar-refractivity contribution >= 4 is 11.8 Å². The second kappa shape index (κ2) is 6.59. The van der Waals surface area contributed by atoms with E-state index in [9.17, 15) is 9.59 Å². The molecular weight excluding hydrogens is 192 g/mol. The molecule has 0 bridgehead atoms. The van der Waals surface area contributed by atoms with Crippen molar-refractivity contribution < 1.29 is 14.3 Å². The highest BCUT2D eigenvalue weighted by atomic mass is 16.5. The fourth-order valence-corrected chi connectivity index (χ4v) is 2.10. The third-order valence-corrected chi connectivity index (χ3v) is 2.93. The van der Waals surface area contributed by atoms with Crippen LogP contribution in [0.5, 0.6) is 0 Å². The summed E-state index contributed by atoms with van der Waals surface area (Å²) in [5.74, 6) is -0.181. The molecule has 1 aliphatic carbocycles. The Hall–Kier alpha value is -0.860. The van der Waals surface area contributed by atoms with Gasteiger partial charge in [0.05, 0.1) is 6.61 Å². The third kappa shape index (κ3) is 4.45. The van der Waals surface area contributed by atoms with Crippen LogP contribution >= 0.6 is 0 Å². The molecule has 0 spiro atoms. The van der Waals surface area contributed by atoms with Crippen LogP contribution in [0, 0.1) is 5.92 Å². The summed E-state index contributed by atoms with van der Waals surface area (Å²) in [6.07, 6.45) is 6.58. The molecule has 1 saturated carbocycles. The van der Waals surface area contributed by atoms with Crippen molar-refractivity contribution in [1.29, 1.82) is 0 Å². The number of hydrogen-bond donors (Lipinski definition) is 0. The minimum absolute atomic E-state index is 0.0293. The predicted molar refractivity (Wildman–Crippen MR) is 57.4 cm³/mol. The molecule has 0 radical (unpaired) electrons. The maximum Gasteiger partial charge on any atom is 0.313 e. The lowest BCUT2D eigenvalue weighted by Crippen LogP contribution is -2.19. The van der Waals surface area contributed by atoms with Crippen LogP contribution in [0.1, 0.15) is 51.9 Å². The molecule has 0 saturated heterocycles. The Labute approximate surface area is 91.2 Å². The second-order valence-electron chi connectivity index (χ2n) is 4.14. The standard InChI is InChI=1S/C12H20O3/c1-2-15-12(14)9-11(13)10-7-5-3-4-6-8-10/h10H,2-9H2,1H3. The first kappa shape index (κ1) is 12.2. The smallest absolute Gasteiger partial charge is 0.313 e. The van der Waals surface area contributed by atoms with Crippen LogP contribution in [-0.2, 0) is 14.3 Å². The number of hydrogen-bond acceptors (Lipinski definition) is 3. The lowest BCUT2D eigenvalue weighted by molar-refractivity contribution is -0.146. The molecule has 0 N–H and O–H groups in total. The highest BCUT2D eigenvalue weighted by Gasteiger charge is 2.22. The molecule has 0 aromatic carbocycles. The highest BCUT2D eigenvalue weighted by Crippen LogP contribution is 2.24. The average Bonchev–Trinajstić information content (AvgIpc) is 2.45. The summed E-state index contributed by atoms with van der Waals surface area (Å²) in [4.78, 5) is 22.9. The van der Waals surface area contributed by atoms with Crippen LogP contribution in [0.2, 0.25) is 0 Å². The molecule has 0 unspecified atom stereocenters. The summed E-state index contributed by atoms with van der Waals surface area (Å²) in [5, 5.41) is 0. The molecule has 15 heavy (non-hydrogen) atoms. The van der Waals surface area contributed by atoms with E-state index >= 15 is 0 Å². The topological polar surface area (TPSA) is 43.4 Å². The molecular formula is C12H20O3. The predicted octanol–water partition coefficient (Wildman–Crippen LogP) is 2.48. The zero-order valence-corrected chi connectivity index (χ0v) is 9.46. The number of carbonyl (C=O) groups is 2. The van der Waals surface area contributed by atoms with Gasteiger partial charge in [-0.3, -0.25) is 9.59 Å². The zero-order chi connectivity index (χ0) is 11.1. The summed E-state index contributed by atoms with van der Waals surface area (Å²) in [6.45, 7) is 2.12. The van der Waals surface area contributed by atoms with Gasteiger partial charge in [0.25, 0.3) is 0 Å². The average molecular weight is 212 g/mol. The van der Waals surface area contributed by atoms with Crippen molar-refractivity contribution in [2.75, 3.05) is 6.61 Å². The van der Waals surface area contributed by atoms with Crippen molar-refractivity contribution in [1.82, 2.24) is 0 Å². The van der Waals surface area contributed by atoms with E-state index in [1.165, 1.54) is 12.8 Å². The number of carbonyl (C=O) groups excluding carboxylic acids is 2. The van der Waals surface area contributed by atoms with Crippen LogP contribution in [0.25, 0.3) is 0 Å². The first-order chi connectivity index (χ1) is 7.24. The Bertz CT molecular complexity index is 215. The van der Waals surface area contributed by atoms with Gasteiger partial charge in [0.15, 0.2) is 0 Å². The highest BCUT2D eigenvalue weighted by molar-refractivity contribution is 5.96. The maximum atomic E-state index is 11.7. The Balaban J connectivity index is 2.34. The molecule has 86 valence electrons. The number of ketones is 1. The van der Waals surface area contributed by atoms with Gasteiger partial charge in [0.1, 0.15) is 12.2 Å². The molecule has 0 amide bonds. The number of ether oxygens (including phenoxy) is 1. The van der Waals surface area contributed by atoms with Crippen LogP contribution in [0.4, 0.5) is 0 Å². The molecule has 0 heterocycles. The number of esters is 1. The Kier molecular flexibility index (Phi) is 5.37. The first-order valence-electron chi connectivity index (χ1n) is 5.92. The first-order valence-corrected chi connectivity index (χ1v) is 5.92. The van der Waals surface area contributed by atoms with Crippen LogP contribution < -0.4 is 0 Å². The van der Waals surface area contributed by atoms with E-state index in [-0.39, 0.29) is 24.1 Å². The minimum Gasteiger partial charge on any atom is -0.466 e. The minimum atomic E-state index is -0.369. The molecule has 3 heteroatoms. The largest absolute Gasteiger partial charge is 0.466 e. The van der Waals surface area contributed by atoms with E-state index in [4.69, 9.17) is 4.74 Å². The lowest BCUT2D eigenvalue weighted by Gasteiger charge is -2.11. The summed E-state index contributed by atoms with van der Waals surface area (Å²) in [6, 6.07) is 0. The van der Waals surface area contributed by atoms with Gasteiger partial charge < -0.3 is 4.74 Å². The van der Waals surface area contributed by atoms with E-state index in [0.717, 1.165) is 25.7 Å². The number of rotatable bonds is 4. The molecule has 0 atom stereocenters. The molecule has 0 aromatic heterocycles. The number of Topliss-reactive ketones (excluding diaryl/α,β-unsaturated/α-hetero) is 1. The van der Waals surface area contributed by atoms with Gasteiger partial charge in [-0.25, -0.2) is 0 Å². The Morgan fingerprint density at radius 1 is 1.13 bits per heavy atom. The van der Waals surface area contributed by atoms with Gasteiger partial charge in [-0.2, -0.15) is 0 Å². The SMILES string of the molecule is CCOC(=O)CC(=O)C1CCCCCC1. The van der Waals surface area contributed by atoms with Crippen molar-refractivity contribution in [3.05, 3.63) is 0 Å². The van der Waals surface area contributed by atoms with E-state index in [2.05, 4.69) is 0 Å². The van der Waals surface area contributed by atoms with E-state index in [0.29, 0.717) is 6.61 Å². The monoisotopic (exact) mass is 212 g/mol. The summed E-state index contributed by atoms with van der Waals surface area (Å²) in [5.41, 5.74) is 0. The van der Waals surface area contributed by atoms with Crippen molar-refractivity contribution in [2.24, 2.45) is 5.92 Å². The molecule has 1 rings (SSSR count). The van der Waals surface area contributed by atoms with Crippen molar-refractivity contribution in [3.8, 4) is 0 Å². The third-order valence-electron chi connectivity index (χ3n) is 2.93. The lowest BCUT2D eigenvalue weighted by atomic mass is 9.94. The van der Waals surface area contributed by atoms with Crippen LogP contribution in [0.15, 0.2) is 0 Å². The fourth-order valence-electron chi connectivity index (χ4n) is 2.10. The Morgan fingerprint density at radius 2 is 1.73 bits per heavy atom. The van der Waals surface area contributed by atoms with Crippen LogP contribution in [-0.4, -0.2) is 18.4 Å². The molecule has 0 aromatic rings. The summed E-state index contributed by atoms with van der Waals surface area (Å²) < 4.78 is 4.77. The van der Waals surface area contributed by atoms with Gasteiger partial charge in [0.2, 0.25) is 0 Å².